The summed E-state index contributed by atoms with van der Waals surface area (Å²) >= 11 is 0. The van der Waals surface area contributed by atoms with Crippen LogP contribution < -0.4 is 9.64 Å². The van der Waals surface area contributed by atoms with E-state index in [1.807, 2.05) is 6.92 Å². The first-order valence-electron chi connectivity index (χ1n) is 10.3. The zero-order valence-electron chi connectivity index (χ0n) is 17.7. The van der Waals surface area contributed by atoms with E-state index in [9.17, 15) is 23.5 Å². The molecule has 1 fully saturated rings. The Bertz CT molecular complexity index is 1230. The summed E-state index contributed by atoms with van der Waals surface area (Å²) in [5.41, 5.74) is 0.156. The molecule has 1 aliphatic heterocycles. The Morgan fingerprint density at radius 1 is 1.12 bits per heavy atom. The second-order valence-corrected chi connectivity index (χ2v) is 7.42. The van der Waals surface area contributed by atoms with Crippen molar-refractivity contribution >= 4 is 23.1 Å². The normalized spacial score (nSPS) is 17.4. The number of carbonyl (C=O) groups is 2. The summed E-state index contributed by atoms with van der Waals surface area (Å²) in [4.78, 5) is 30.9. The highest BCUT2D eigenvalue weighted by Gasteiger charge is 2.47. The number of amides is 1. The SMILES string of the molecule is CCCOc1ccc(/C(O)=C2\C(=O)C(=O)N(c3ccc(F)cc3F)C2c2cccnc2)cc1. The molecule has 1 unspecified atom stereocenters. The molecule has 2 aromatic carbocycles. The number of ketones is 1. The summed E-state index contributed by atoms with van der Waals surface area (Å²) in [5, 5.41) is 11.1. The molecular weight excluding hydrogens is 430 g/mol. The molecule has 1 aromatic heterocycles. The number of anilines is 1. The predicted molar refractivity (Wildman–Crippen MR) is 118 cm³/mol. The molecule has 1 saturated heterocycles. The third-order valence-corrected chi connectivity index (χ3v) is 5.21. The molecule has 4 rings (SSSR count). The van der Waals surface area contributed by atoms with Crippen molar-refractivity contribution in [1.29, 1.82) is 0 Å². The largest absolute Gasteiger partial charge is 0.507 e. The third kappa shape index (κ3) is 4.19. The van der Waals surface area contributed by atoms with Crippen molar-refractivity contribution in [1.82, 2.24) is 4.98 Å². The molecule has 8 heteroatoms. The zero-order valence-corrected chi connectivity index (χ0v) is 17.7. The minimum Gasteiger partial charge on any atom is -0.507 e. The van der Waals surface area contributed by atoms with Crippen LogP contribution >= 0.6 is 0 Å². The van der Waals surface area contributed by atoms with Crippen LogP contribution in [-0.2, 0) is 9.59 Å². The number of halogens is 2. The van der Waals surface area contributed by atoms with Gasteiger partial charge in [0.15, 0.2) is 0 Å². The maximum absolute atomic E-state index is 14.6. The predicted octanol–water partition coefficient (Wildman–Crippen LogP) is 4.77. The molecule has 3 aromatic rings. The third-order valence-electron chi connectivity index (χ3n) is 5.21. The summed E-state index contributed by atoms with van der Waals surface area (Å²) < 4.78 is 33.7. The van der Waals surface area contributed by atoms with Crippen molar-refractivity contribution in [2.75, 3.05) is 11.5 Å². The lowest BCUT2D eigenvalue weighted by Gasteiger charge is -2.25. The van der Waals surface area contributed by atoms with E-state index < -0.39 is 35.1 Å². The van der Waals surface area contributed by atoms with Gasteiger partial charge in [-0.05, 0) is 54.4 Å². The lowest BCUT2D eigenvalue weighted by molar-refractivity contribution is -0.132. The van der Waals surface area contributed by atoms with Gasteiger partial charge in [0.25, 0.3) is 11.7 Å². The fraction of sp³-hybridized carbons (Fsp3) is 0.160. The molecule has 0 radical (unpaired) electrons. The summed E-state index contributed by atoms with van der Waals surface area (Å²) in [6.07, 6.45) is 3.75. The van der Waals surface area contributed by atoms with Gasteiger partial charge in [-0.3, -0.25) is 19.5 Å². The molecule has 0 bridgehead atoms. The van der Waals surface area contributed by atoms with Gasteiger partial charge in [0.2, 0.25) is 0 Å². The van der Waals surface area contributed by atoms with Gasteiger partial charge in [-0.1, -0.05) is 13.0 Å². The van der Waals surface area contributed by atoms with Gasteiger partial charge in [0.1, 0.15) is 23.1 Å². The van der Waals surface area contributed by atoms with E-state index in [1.54, 1.807) is 36.4 Å². The highest BCUT2D eigenvalue weighted by Crippen LogP contribution is 2.42. The fourth-order valence-electron chi connectivity index (χ4n) is 3.70. The van der Waals surface area contributed by atoms with Gasteiger partial charge >= 0.3 is 0 Å². The maximum Gasteiger partial charge on any atom is 0.300 e. The van der Waals surface area contributed by atoms with E-state index in [2.05, 4.69) is 4.98 Å². The molecule has 168 valence electrons. The zero-order chi connectivity index (χ0) is 23.5. The molecule has 2 heterocycles. The van der Waals surface area contributed by atoms with Gasteiger partial charge < -0.3 is 9.84 Å². The van der Waals surface area contributed by atoms with E-state index >= 15 is 0 Å². The minimum absolute atomic E-state index is 0.223. The Balaban J connectivity index is 1.85. The van der Waals surface area contributed by atoms with Crippen LogP contribution in [0.15, 0.2) is 72.6 Å². The average molecular weight is 450 g/mol. The number of hydrogen-bond donors (Lipinski definition) is 1. The highest BCUT2D eigenvalue weighted by atomic mass is 19.1. The summed E-state index contributed by atoms with van der Waals surface area (Å²) in [6, 6.07) is 11.1. The average Bonchev–Trinajstić information content (AvgIpc) is 3.08. The van der Waals surface area contributed by atoms with Crippen LogP contribution in [0.5, 0.6) is 5.75 Å². The maximum atomic E-state index is 14.6. The summed E-state index contributed by atoms with van der Waals surface area (Å²) in [7, 11) is 0. The van der Waals surface area contributed by atoms with Crippen LogP contribution in [0.1, 0.15) is 30.5 Å². The van der Waals surface area contributed by atoms with Crippen LogP contribution in [0.4, 0.5) is 14.5 Å². The molecule has 6 nitrogen and oxygen atoms in total. The van der Waals surface area contributed by atoms with Crippen molar-refractivity contribution in [3.05, 3.63) is 95.3 Å². The van der Waals surface area contributed by atoms with Crippen molar-refractivity contribution in [2.24, 2.45) is 0 Å². The topological polar surface area (TPSA) is 79.7 Å². The number of rotatable bonds is 6. The van der Waals surface area contributed by atoms with E-state index in [0.717, 1.165) is 23.5 Å². The van der Waals surface area contributed by atoms with E-state index in [4.69, 9.17) is 4.74 Å². The van der Waals surface area contributed by atoms with Crippen LogP contribution in [0.3, 0.4) is 0 Å². The number of benzene rings is 2. The Kier molecular flexibility index (Phi) is 6.17. The Labute approximate surface area is 188 Å². The Morgan fingerprint density at radius 3 is 2.52 bits per heavy atom. The van der Waals surface area contributed by atoms with Gasteiger partial charge in [-0.25, -0.2) is 8.78 Å². The molecule has 1 atom stereocenters. The number of pyridine rings is 1. The Morgan fingerprint density at radius 2 is 1.88 bits per heavy atom. The van der Waals surface area contributed by atoms with Gasteiger partial charge in [-0.2, -0.15) is 0 Å². The second kappa shape index (κ2) is 9.20. The van der Waals surface area contributed by atoms with E-state index in [0.29, 0.717) is 24.0 Å². The van der Waals surface area contributed by atoms with Gasteiger partial charge in [0, 0.05) is 24.0 Å². The van der Waals surface area contributed by atoms with Crippen molar-refractivity contribution in [2.45, 2.75) is 19.4 Å². The lowest BCUT2D eigenvalue weighted by Crippen LogP contribution is -2.30. The number of Topliss-reactive ketones (excluding diaryl/α,β-unsaturated/α-hetero) is 1. The first-order valence-corrected chi connectivity index (χ1v) is 10.3. The lowest BCUT2D eigenvalue weighted by atomic mass is 9.96. The standard InChI is InChI=1S/C25H20F2N2O4/c1-2-12-33-18-8-5-15(6-9-18)23(30)21-22(16-4-3-11-28-14-16)29(25(32)24(21)31)20-10-7-17(26)13-19(20)27/h3-11,13-14,22,30H,2,12H2,1H3/b23-21+. The molecule has 1 aliphatic rings. The molecule has 33 heavy (non-hydrogen) atoms. The summed E-state index contributed by atoms with van der Waals surface area (Å²) in [5.74, 6) is -3.70. The number of ether oxygens (including phenoxy) is 1. The molecule has 0 spiro atoms. The van der Waals surface area contributed by atoms with Gasteiger partial charge in [-0.15, -0.1) is 0 Å². The smallest absolute Gasteiger partial charge is 0.300 e. The van der Waals surface area contributed by atoms with Gasteiger partial charge in [0.05, 0.1) is 23.9 Å². The van der Waals surface area contributed by atoms with Crippen LogP contribution in [0.25, 0.3) is 5.76 Å². The number of carbonyl (C=O) groups excluding carboxylic acids is 2. The minimum atomic E-state index is -1.16. The van der Waals surface area contributed by atoms with Crippen LogP contribution in [-0.4, -0.2) is 28.4 Å². The van der Waals surface area contributed by atoms with Crippen LogP contribution in [0, 0.1) is 11.6 Å². The van der Waals surface area contributed by atoms with Crippen molar-refractivity contribution < 1.29 is 28.2 Å². The number of aliphatic hydroxyl groups is 1. The Hall–Kier alpha value is -4.07. The molecule has 0 saturated carbocycles. The molecule has 1 N–H and O–H groups in total. The molecular formula is C25H20F2N2O4. The van der Waals surface area contributed by atoms with Crippen molar-refractivity contribution in [3.63, 3.8) is 0 Å². The monoisotopic (exact) mass is 450 g/mol. The van der Waals surface area contributed by atoms with E-state index in [1.165, 1.54) is 12.4 Å². The molecule has 1 amide bonds. The quantitative estimate of drug-likeness (QED) is 0.332. The molecule has 0 aliphatic carbocycles. The fourth-order valence-corrected chi connectivity index (χ4v) is 3.70. The highest BCUT2D eigenvalue weighted by molar-refractivity contribution is 6.51. The van der Waals surface area contributed by atoms with E-state index in [-0.39, 0.29) is 16.8 Å². The van der Waals surface area contributed by atoms with Crippen molar-refractivity contribution in [3.8, 4) is 5.75 Å². The number of aliphatic hydroxyl groups excluding tert-OH is 1. The number of hydrogen-bond acceptors (Lipinski definition) is 5. The first-order chi connectivity index (χ1) is 15.9. The number of aromatic nitrogens is 1. The van der Waals surface area contributed by atoms with Crippen LogP contribution in [0.2, 0.25) is 0 Å². The second-order valence-electron chi connectivity index (χ2n) is 7.42. The summed E-state index contributed by atoms with van der Waals surface area (Å²) in [6.45, 7) is 2.50. The number of nitrogens with zero attached hydrogens (tertiary/aromatic N) is 2. The first kappa shape index (κ1) is 22.1.